The van der Waals surface area contributed by atoms with Crippen LogP contribution in [-0.4, -0.2) is 23.2 Å². The van der Waals surface area contributed by atoms with E-state index in [2.05, 4.69) is 4.98 Å². The van der Waals surface area contributed by atoms with Gasteiger partial charge in [-0.1, -0.05) is 0 Å². The molecule has 1 aromatic rings. The molecule has 0 aliphatic carbocycles. The van der Waals surface area contributed by atoms with E-state index in [-0.39, 0.29) is 24.7 Å². The summed E-state index contributed by atoms with van der Waals surface area (Å²) in [7, 11) is 0. The molecule has 0 radical (unpaired) electrons. The number of carbonyl (C=O) groups excluding carboxylic acids is 2. The average molecular weight is 191 g/mol. The first-order chi connectivity index (χ1) is 6.66. The van der Waals surface area contributed by atoms with E-state index in [4.69, 9.17) is 5.73 Å². The predicted octanol–water partition coefficient (Wildman–Crippen LogP) is -0.0304. The lowest BCUT2D eigenvalue weighted by atomic mass is 10.3. The van der Waals surface area contributed by atoms with Gasteiger partial charge in [-0.15, -0.1) is 0 Å². The third-order valence-corrected chi connectivity index (χ3v) is 2.03. The highest BCUT2D eigenvalue weighted by Crippen LogP contribution is 2.17. The van der Waals surface area contributed by atoms with Crippen molar-refractivity contribution in [2.24, 2.45) is 0 Å². The van der Waals surface area contributed by atoms with Crippen molar-refractivity contribution in [1.29, 1.82) is 0 Å². The van der Waals surface area contributed by atoms with Gasteiger partial charge < -0.3 is 5.73 Å². The van der Waals surface area contributed by atoms with E-state index < -0.39 is 0 Å². The Morgan fingerprint density at radius 3 is 2.64 bits per heavy atom. The number of pyridine rings is 1. The van der Waals surface area contributed by atoms with E-state index in [0.717, 1.165) is 0 Å². The summed E-state index contributed by atoms with van der Waals surface area (Å²) in [6, 6.07) is 3.28. The monoisotopic (exact) mass is 191 g/mol. The van der Waals surface area contributed by atoms with E-state index in [1.165, 1.54) is 11.1 Å². The summed E-state index contributed by atoms with van der Waals surface area (Å²) < 4.78 is 0. The van der Waals surface area contributed by atoms with Crippen LogP contribution in [0.25, 0.3) is 0 Å². The van der Waals surface area contributed by atoms with Crippen LogP contribution in [0.15, 0.2) is 18.3 Å². The highest BCUT2D eigenvalue weighted by molar-refractivity contribution is 6.14. The number of nitrogen functional groups attached to an aromatic ring is 1. The number of amides is 1. The molecule has 2 rings (SSSR count). The largest absolute Gasteiger partial charge is 0.397 e. The molecular formula is C9H9N3O2. The molecule has 14 heavy (non-hydrogen) atoms. The van der Waals surface area contributed by atoms with Crippen molar-refractivity contribution in [3.05, 3.63) is 18.3 Å². The number of aromatic nitrogens is 1. The lowest BCUT2D eigenvalue weighted by Gasteiger charge is -2.12. The van der Waals surface area contributed by atoms with Crippen molar-refractivity contribution in [3.63, 3.8) is 0 Å². The number of Topliss-reactive ketones (excluding diaryl/α,β-unsaturated/α-hetero) is 1. The molecule has 2 N–H and O–H groups in total. The van der Waals surface area contributed by atoms with Gasteiger partial charge in [-0.25, -0.2) is 4.98 Å². The number of ketones is 1. The van der Waals surface area contributed by atoms with Crippen molar-refractivity contribution >= 4 is 23.2 Å². The summed E-state index contributed by atoms with van der Waals surface area (Å²) in [4.78, 5) is 27.6. The third-order valence-electron chi connectivity index (χ3n) is 2.03. The van der Waals surface area contributed by atoms with Crippen molar-refractivity contribution in [1.82, 2.24) is 4.98 Å². The highest BCUT2D eigenvalue weighted by Gasteiger charge is 2.29. The van der Waals surface area contributed by atoms with Crippen LogP contribution in [0, 0.1) is 0 Å². The van der Waals surface area contributed by atoms with Gasteiger partial charge in [0.2, 0.25) is 5.91 Å². The second-order valence-corrected chi connectivity index (χ2v) is 3.15. The van der Waals surface area contributed by atoms with Crippen LogP contribution in [0.4, 0.5) is 11.5 Å². The first-order valence-electron chi connectivity index (χ1n) is 4.20. The van der Waals surface area contributed by atoms with E-state index >= 15 is 0 Å². The molecule has 1 aliphatic rings. The zero-order valence-corrected chi connectivity index (χ0v) is 7.43. The molecule has 1 aliphatic heterocycles. The number of rotatable bonds is 1. The molecule has 0 spiro atoms. The molecule has 72 valence electrons. The summed E-state index contributed by atoms with van der Waals surface area (Å²) in [5.74, 6) is 0.205. The van der Waals surface area contributed by atoms with Crippen LogP contribution >= 0.6 is 0 Å². The number of hydrogen-bond donors (Lipinski definition) is 1. The van der Waals surface area contributed by atoms with E-state index in [0.29, 0.717) is 11.5 Å². The van der Waals surface area contributed by atoms with Crippen LogP contribution in [0.3, 0.4) is 0 Å². The lowest BCUT2D eigenvalue weighted by molar-refractivity contribution is -0.121. The lowest BCUT2D eigenvalue weighted by Crippen LogP contribution is -2.25. The molecular weight excluding hydrogens is 182 g/mol. The molecule has 0 saturated carbocycles. The maximum absolute atomic E-state index is 11.3. The zero-order valence-electron chi connectivity index (χ0n) is 7.43. The minimum Gasteiger partial charge on any atom is -0.397 e. The second-order valence-electron chi connectivity index (χ2n) is 3.15. The minimum atomic E-state index is -0.202. The molecule has 1 aromatic heterocycles. The summed E-state index contributed by atoms with van der Waals surface area (Å²) in [6.07, 6.45) is 1.44. The molecule has 5 nitrogen and oxygen atoms in total. The second kappa shape index (κ2) is 3.10. The van der Waals surface area contributed by atoms with Crippen LogP contribution in [-0.2, 0) is 9.59 Å². The summed E-state index contributed by atoms with van der Waals surface area (Å²) >= 11 is 0. The van der Waals surface area contributed by atoms with Gasteiger partial charge in [-0.05, 0) is 12.1 Å². The Kier molecular flexibility index (Phi) is 1.92. The number of hydrogen-bond acceptors (Lipinski definition) is 4. The fourth-order valence-corrected chi connectivity index (χ4v) is 1.35. The Morgan fingerprint density at radius 2 is 2.14 bits per heavy atom. The number of nitrogens with two attached hydrogens (primary N) is 1. The molecule has 1 saturated heterocycles. The van der Waals surface area contributed by atoms with Crippen molar-refractivity contribution in [2.45, 2.75) is 6.42 Å². The van der Waals surface area contributed by atoms with Crippen LogP contribution in [0.2, 0.25) is 0 Å². The SMILES string of the molecule is Nc1ccc(N2CC(=O)CC2=O)nc1. The fourth-order valence-electron chi connectivity index (χ4n) is 1.35. The summed E-state index contributed by atoms with van der Waals surface area (Å²) in [5.41, 5.74) is 5.99. The van der Waals surface area contributed by atoms with Gasteiger partial charge in [0, 0.05) is 0 Å². The van der Waals surface area contributed by atoms with Crippen molar-refractivity contribution in [3.8, 4) is 0 Å². The molecule has 0 bridgehead atoms. The number of anilines is 2. The number of nitrogens with zero attached hydrogens (tertiary/aromatic N) is 2. The van der Waals surface area contributed by atoms with E-state index in [9.17, 15) is 9.59 Å². The van der Waals surface area contributed by atoms with Crippen LogP contribution in [0.5, 0.6) is 0 Å². The van der Waals surface area contributed by atoms with Gasteiger partial charge in [-0.2, -0.15) is 0 Å². The first-order valence-corrected chi connectivity index (χ1v) is 4.20. The minimum absolute atomic E-state index is 0.0218. The normalized spacial score (nSPS) is 16.4. The van der Waals surface area contributed by atoms with Crippen LogP contribution in [0.1, 0.15) is 6.42 Å². The molecule has 0 unspecified atom stereocenters. The fraction of sp³-hybridized carbons (Fsp3) is 0.222. The van der Waals surface area contributed by atoms with Crippen molar-refractivity contribution in [2.75, 3.05) is 17.2 Å². The maximum Gasteiger partial charge on any atom is 0.236 e. The summed E-state index contributed by atoms with van der Waals surface area (Å²) in [6.45, 7) is 0.121. The zero-order chi connectivity index (χ0) is 10.1. The standard InChI is InChI=1S/C9H9N3O2/c10-6-1-2-8(11-4-6)12-5-7(13)3-9(12)14/h1-2,4H,3,5,10H2. The Balaban J connectivity index is 2.27. The third kappa shape index (κ3) is 1.44. The van der Waals surface area contributed by atoms with Gasteiger partial charge in [0.1, 0.15) is 5.82 Å². The molecule has 1 amide bonds. The van der Waals surface area contributed by atoms with Crippen LogP contribution < -0.4 is 10.6 Å². The Bertz CT molecular complexity index is 386. The Morgan fingerprint density at radius 1 is 1.36 bits per heavy atom. The average Bonchev–Trinajstić information content (AvgIpc) is 2.47. The Labute approximate surface area is 80.5 Å². The smallest absolute Gasteiger partial charge is 0.236 e. The Hall–Kier alpha value is -1.91. The van der Waals surface area contributed by atoms with Gasteiger partial charge in [0.15, 0.2) is 5.78 Å². The topological polar surface area (TPSA) is 76.3 Å². The molecule has 2 heterocycles. The molecule has 1 fully saturated rings. The predicted molar refractivity (Wildman–Crippen MR) is 50.6 cm³/mol. The molecule has 5 heteroatoms. The maximum atomic E-state index is 11.3. The van der Waals surface area contributed by atoms with E-state index in [1.54, 1.807) is 12.1 Å². The first kappa shape index (κ1) is 8.68. The summed E-state index contributed by atoms with van der Waals surface area (Å²) in [5, 5.41) is 0. The van der Waals surface area contributed by atoms with Crippen molar-refractivity contribution < 1.29 is 9.59 Å². The van der Waals surface area contributed by atoms with Gasteiger partial charge in [0.25, 0.3) is 0 Å². The van der Waals surface area contributed by atoms with Gasteiger partial charge in [-0.3, -0.25) is 14.5 Å². The van der Waals surface area contributed by atoms with E-state index in [1.807, 2.05) is 0 Å². The quantitative estimate of drug-likeness (QED) is 0.632. The number of carbonyl (C=O) groups is 2. The van der Waals surface area contributed by atoms with Gasteiger partial charge >= 0.3 is 0 Å². The van der Waals surface area contributed by atoms with Gasteiger partial charge in [0.05, 0.1) is 24.8 Å². The molecule has 0 aromatic carbocycles. The molecule has 0 atom stereocenters. The highest BCUT2D eigenvalue weighted by atomic mass is 16.2.